The molecule has 72 valence electrons. The van der Waals surface area contributed by atoms with Crippen molar-refractivity contribution >= 4 is 0 Å². The van der Waals surface area contributed by atoms with Crippen LogP contribution in [0.25, 0.3) is 0 Å². The third kappa shape index (κ3) is 2.12. The third-order valence-electron chi connectivity index (χ3n) is 1.42. The Morgan fingerprint density at radius 1 is 1.46 bits per heavy atom. The van der Waals surface area contributed by atoms with Gasteiger partial charge in [0.15, 0.2) is 0 Å². The largest absolute Gasteiger partial charge is 0.453 e. The van der Waals surface area contributed by atoms with E-state index in [-0.39, 0.29) is 5.76 Å². The molecule has 1 aromatic rings. The van der Waals surface area contributed by atoms with E-state index in [4.69, 9.17) is 5.11 Å². The summed E-state index contributed by atoms with van der Waals surface area (Å²) in [6.07, 6.45) is -4.63. The van der Waals surface area contributed by atoms with Gasteiger partial charge in [0.05, 0.1) is 0 Å². The van der Waals surface area contributed by atoms with Crippen molar-refractivity contribution in [3.8, 4) is 0 Å². The Morgan fingerprint density at radius 3 is 2.46 bits per heavy atom. The highest BCUT2D eigenvalue weighted by Gasteiger charge is 2.35. The molecule has 0 aliphatic heterocycles. The Hall–Kier alpha value is -1.23. The molecule has 1 rings (SSSR count). The maximum Gasteiger partial charge on any atom is 0.449 e. The second kappa shape index (κ2) is 3.26. The smallest absolute Gasteiger partial charge is 0.449 e. The lowest BCUT2D eigenvalue weighted by molar-refractivity contribution is -0.153. The second-order valence-electron chi connectivity index (χ2n) is 2.38. The van der Waals surface area contributed by atoms with Crippen LogP contribution >= 0.6 is 0 Å². The van der Waals surface area contributed by atoms with Gasteiger partial charge in [-0.1, -0.05) is 6.08 Å². The molecule has 1 aromatic heterocycles. The van der Waals surface area contributed by atoms with Crippen LogP contribution in [-0.2, 0) is 6.18 Å². The summed E-state index contributed by atoms with van der Waals surface area (Å²) in [4.78, 5) is 0. The molecule has 0 saturated heterocycles. The number of halogens is 3. The molecule has 1 heterocycles. The van der Waals surface area contributed by atoms with Crippen LogP contribution in [0, 0.1) is 0 Å². The average Bonchev–Trinajstić information content (AvgIpc) is 2.50. The van der Waals surface area contributed by atoms with Gasteiger partial charge in [-0.05, 0) is 12.1 Å². The molecule has 0 fully saturated rings. The lowest BCUT2D eigenvalue weighted by Gasteiger charge is -2.02. The number of alkyl halides is 3. The molecule has 1 unspecified atom stereocenters. The maximum absolute atomic E-state index is 12.0. The Morgan fingerprint density at radius 2 is 2.08 bits per heavy atom. The van der Waals surface area contributed by atoms with Gasteiger partial charge >= 0.3 is 6.18 Å². The molecule has 0 saturated carbocycles. The SMILES string of the molecule is C=CC(O)c1ccc(C(F)(F)F)o1. The molecule has 5 heteroatoms. The molecule has 0 spiro atoms. The van der Waals surface area contributed by atoms with E-state index in [2.05, 4.69) is 11.0 Å². The molecule has 0 bridgehead atoms. The van der Waals surface area contributed by atoms with E-state index in [1.165, 1.54) is 0 Å². The number of rotatable bonds is 2. The summed E-state index contributed by atoms with van der Waals surface area (Å²) in [5.74, 6) is -1.29. The van der Waals surface area contributed by atoms with Crippen LogP contribution in [0.2, 0.25) is 0 Å². The molecule has 0 aliphatic carbocycles. The number of furan rings is 1. The zero-order valence-corrected chi connectivity index (χ0v) is 6.51. The quantitative estimate of drug-likeness (QED) is 0.730. The number of hydrogen-bond donors (Lipinski definition) is 1. The second-order valence-corrected chi connectivity index (χ2v) is 2.38. The van der Waals surface area contributed by atoms with Gasteiger partial charge in [-0.25, -0.2) is 0 Å². The molecule has 2 nitrogen and oxygen atoms in total. The minimum atomic E-state index is -4.51. The molecule has 0 aliphatic rings. The molecular formula is C8H7F3O2. The first-order chi connectivity index (χ1) is 5.95. The van der Waals surface area contributed by atoms with Crippen molar-refractivity contribution in [3.63, 3.8) is 0 Å². The average molecular weight is 192 g/mol. The lowest BCUT2D eigenvalue weighted by atomic mass is 10.3. The summed E-state index contributed by atoms with van der Waals surface area (Å²) in [5.41, 5.74) is 0. The molecule has 0 radical (unpaired) electrons. The van der Waals surface area contributed by atoms with Crippen LogP contribution in [0.5, 0.6) is 0 Å². The monoisotopic (exact) mass is 192 g/mol. The maximum atomic E-state index is 12.0. The van der Waals surface area contributed by atoms with E-state index < -0.39 is 18.0 Å². The Labute approximate surface area is 72.3 Å². The standard InChI is InChI=1S/C8H7F3O2/c1-2-5(12)6-3-4-7(13-6)8(9,10)11/h2-5,12H,1H2. The van der Waals surface area contributed by atoms with Crippen molar-refractivity contribution in [2.75, 3.05) is 0 Å². The van der Waals surface area contributed by atoms with E-state index in [1.54, 1.807) is 0 Å². The van der Waals surface area contributed by atoms with Gasteiger partial charge in [0, 0.05) is 0 Å². The lowest BCUT2D eigenvalue weighted by Crippen LogP contribution is -2.02. The van der Waals surface area contributed by atoms with Crippen molar-refractivity contribution in [1.29, 1.82) is 0 Å². The summed E-state index contributed by atoms with van der Waals surface area (Å²) in [6, 6.07) is 1.83. The Kier molecular flexibility index (Phi) is 2.47. The molecule has 13 heavy (non-hydrogen) atoms. The van der Waals surface area contributed by atoms with Crippen LogP contribution < -0.4 is 0 Å². The van der Waals surface area contributed by atoms with Crippen molar-refractivity contribution in [2.24, 2.45) is 0 Å². The summed E-state index contributed by atoms with van der Waals surface area (Å²) < 4.78 is 40.3. The zero-order chi connectivity index (χ0) is 10.1. The van der Waals surface area contributed by atoms with Gasteiger partial charge in [0.1, 0.15) is 11.9 Å². The van der Waals surface area contributed by atoms with Crippen LogP contribution in [0.4, 0.5) is 13.2 Å². The summed E-state index contributed by atoms with van der Waals surface area (Å²) in [7, 11) is 0. The Bertz CT molecular complexity index is 301. The highest BCUT2D eigenvalue weighted by atomic mass is 19.4. The minimum absolute atomic E-state index is 0.165. The van der Waals surface area contributed by atoms with Gasteiger partial charge in [0.25, 0.3) is 0 Å². The van der Waals surface area contributed by atoms with E-state index in [0.717, 1.165) is 18.2 Å². The van der Waals surface area contributed by atoms with Gasteiger partial charge in [-0.15, -0.1) is 6.58 Å². The van der Waals surface area contributed by atoms with E-state index in [1.807, 2.05) is 0 Å². The van der Waals surface area contributed by atoms with Gasteiger partial charge in [0.2, 0.25) is 5.76 Å². The van der Waals surface area contributed by atoms with Crippen LogP contribution in [0.1, 0.15) is 17.6 Å². The summed E-state index contributed by atoms with van der Waals surface area (Å²) in [6.45, 7) is 3.22. The fourth-order valence-corrected chi connectivity index (χ4v) is 0.780. The van der Waals surface area contributed by atoms with Crippen molar-refractivity contribution in [1.82, 2.24) is 0 Å². The predicted octanol–water partition coefficient (Wildman–Crippen LogP) is 2.52. The van der Waals surface area contributed by atoms with Crippen molar-refractivity contribution < 1.29 is 22.7 Å². The van der Waals surface area contributed by atoms with Gasteiger partial charge < -0.3 is 9.52 Å². The number of aliphatic hydroxyl groups is 1. The molecule has 1 N–H and O–H groups in total. The first kappa shape index (κ1) is 9.85. The number of aliphatic hydroxyl groups excluding tert-OH is 1. The highest BCUT2D eigenvalue weighted by molar-refractivity contribution is 5.14. The first-order valence-corrected chi connectivity index (χ1v) is 3.42. The van der Waals surface area contributed by atoms with Crippen LogP contribution in [0.15, 0.2) is 29.2 Å². The topological polar surface area (TPSA) is 33.4 Å². The Balaban J connectivity index is 2.93. The van der Waals surface area contributed by atoms with E-state index in [9.17, 15) is 13.2 Å². The van der Waals surface area contributed by atoms with Crippen LogP contribution in [-0.4, -0.2) is 5.11 Å². The fourth-order valence-electron chi connectivity index (χ4n) is 0.780. The molecule has 0 aromatic carbocycles. The normalized spacial score (nSPS) is 14.2. The molecular weight excluding hydrogens is 185 g/mol. The number of hydrogen-bond acceptors (Lipinski definition) is 2. The van der Waals surface area contributed by atoms with E-state index >= 15 is 0 Å². The first-order valence-electron chi connectivity index (χ1n) is 3.42. The minimum Gasteiger partial charge on any atom is -0.453 e. The van der Waals surface area contributed by atoms with Crippen LogP contribution in [0.3, 0.4) is 0 Å². The zero-order valence-electron chi connectivity index (χ0n) is 6.51. The van der Waals surface area contributed by atoms with Gasteiger partial charge in [-0.3, -0.25) is 0 Å². The van der Waals surface area contributed by atoms with E-state index in [0.29, 0.717) is 0 Å². The van der Waals surface area contributed by atoms with Crippen molar-refractivity contribution in [2.45, 2.75) is 12.3 Å². The summed E-state index contributed by atoms with van der Waals surface area (Å²) >= 11 is 0. The third-order valence-corrected chi connectivity index (χ3v) is 1.42. The molecule has 1 atom stereocenters. The summed E-state index contributed by atoms with van der Waals surface area (Å²) in [5, 5.41) is 9.03. The molecule has 0 amide bonds. The fraction of sp³-hybridized carbons (Fsp3) is 0.250. The predicted molar refractivity (Wildman–Crippen MR) is 38.9 cm³/mol. The highest BCUT2D eigenvalue weighted by Crippen LogP contribution is 2.32. The van der Waals surface area contributed by atoms with Crippen molar-refractivity contribution in [3.05, 3.63) is 36.3 Å². The van der Waals surface area contributed by atoms with Gasteiger partial charge in [-0.2, -0.15) is 13.2 Å².